The Kier molecular flexibility index (Phi) is 11.9. The Morgan fingerprint density at radius 1 is 0.741 bits per heavy atom. The molecule has 0 unspecified atom stereocenters. The summed E-state index contributed by atoms with van der Waals surface area (Å²) in [6, 6.07) is 0. The predicted molar refractivity (Wildman–Crippen MR) is 90.0 cm³/mol. The van der Waals surface area contributed by atoms with Gasteiger partial charge in [0.1, 0.15) is 0 Å². The number of hydrogen-bond acceptors (Lipinski definition) is 2. The molecule has 0 aromatic carbocycles. The van der Waals surface area contributed by atoms with Gasteiger partial charge in [-0.15, -0.1) is 0 Å². The van der Waals surface area contributed by atoms with E-state index >= 15 is 0 Å². The molecule has 0 aromatic heterocycles. The first-order chi connectivity index (χ1) is 11.3. The normalized spacial score (nSPS) is 22.1. The molecular formula is C16H22ClF6N2PRu. The Morgan fingerprint density at radius 3 is 1.30 bits per heavy atom. The molecule has 27 heavy (non-hydrogen) atoms. The van der Waals surface area contributed by atoms with Gasteiger partial charge in [0.15, 0.2) is 0 Å². The molecule has 0 bridgehead atoms. The van der Waals surface area contributed by atoms with Crippen LogP contribution in [-0.4, -0.2) is 13.1 Å². The molecule has 2 nitrogen and oxygen atoms in total. The first kappa shape index (κ1) is 29.5. The van der Waals surface area contributed by atoms with E-state index in [1.54, 1.807) is 23.0 Å². The van der Waals surface area contributed by atoms with E-state index in [9.17, 15) is 25.2 Å². The van der Waals surface area contributed by atoms with Gasteiger partial charge in [-0.25, -0.2) is 0 Å². The third-order valence-corrected chi connectivity index (χ3v) is 3.49. The molecule has 0 aromatic rings. The van der Waals surface area contributed by atoms with Crippen LogP contribution in [0.1, 0.15) is 25.7 Å². The summed E-state index contributed by atoms with van der Waals surface area (Å²) in [7, 11) is -10.7. The maximum absolute atomic E-state index is 10.7. The Bertz CT molecular complexity index is 468. The van der Waals surface area contributed by atoms with Crippen molar-refractivity contribution in [3.05, 3.63) is 60.8 Å². The van der Waals surface area contributed by atoms with Crippen molar-refractivity contribution in [2.75, 3.05) is 13.1 Å². The Hall–Kier alpha value is 0.323. The van der Waals surface area contributed by atoms with Crippen molar-refractivity contribution in [3.63, 3.8) is 0 Å². The first-order valence-electron chi connectivity index (χ1n) is 7.68. The molecule has 3 rings (SSSR count). The van der Waals surface area contributed by atoms with Gasteiger partial charge in [0.2, 0.25) is 0 Å². The molecule has 1 saturated carbocycles. The van der Waals surface area contributed by atoms with Gasteiger partial charge < -0.3 is 23.9 Å². The summed E-state index contributed by atoms with van der Waals surface area (Å²) < 4.78 is 59.2. The van der Waals surface area contributed by atoms with Gasteiger partial charge >= 0.3 is 52.5 Å². The van der Waals surface area contributed by atoms with Crippen LogP contribution in [-0.2, 0) is 19.5 Å². The fourth-order valence-corrected chi connectivity index (χ4v) is 2.50. The fraction of sp³-hybridized carbons (Fsp3) is 0.375. The molecule has 0 heterocycles. The summed E-state index contributed by atoms with van der Waals surface area (Å²) in [5, 5.41) is 0. The van der Waals surface area contributed by atoms with E-state index in [1.807, 2.05) is 0 Å². The molecule has 158 valence electrons. The first-order valence-corrected chi connectivity index (χ1v) is 9.71. The van der Waals surface area contributed by atoms with E-state index in [0.717, 1.165) is 0 Å². The molecular weight excluding hydrogens is 502 g/mol. The summed E-state index contributed by atoms with van der Waals surface area (Å²) in [6.07, 6.45) is 18.2. The van der Waals surface area contributed by atoms with E-state index in [2.05, 4.69) is 37.8 Å². The van der Waals surface area contributed by atoms with Crippen molar-refractivity contribution in [1.29, 1.82) is 0 Å². The van der Waals surface area contributed by atoms with Gasteiger partial charge in [-0.1, -0.05) is 23.3 Å². The smallest absolute Gasteiger partial charge is 1.00 e. The Balaban J connectivity index is 0. The number of halogens is 7. The van der Waals surface area contributed by atoms with Gasteiger partial charge in [0.25, 0.3) is 0 Å². The monoisotopic (exact) mass is 524 g/mol. The number of rotatable bonds is 1. The third kappa shape index (κ3) is 15.9. The zero-order valence-electron chi connectivity index (χ0n) is 14.3. The zero-order valence-corrected chi connectivity index (χ0v) is 17.7. The molecule has 0 atom stereocenters. The Labute approximate surface area is 176 Å². The quantitative estimate of drug-likeness (QED) is 0.240. The molecule has 0 saturated heterocycles. The van der Waals surface area contributed by atoms with E-state index in [-0.39, 0.29) is 31.9 Å². The van der Waals surface area contributed by atoms with Crippen LogP contribution < -0.4 is 23.9 Å². The van der Waals surface area contributed by atoms with Crippen LogP contribution in [0.2, 0.25) is 0 Å². The number of fused-ring (bicyclic) bond motifs is 1. The molecule has 0 spiro atoms. The maximum Gasteiger partial charge on any atom is 2.00 e. The Morgan fingerprint density at radius 2 is 1.04 bits per heavy atom. The minimum Gasteiger partial charge on any atom is -1.00 e. The summed E-state index contributed by atoms with van der Waals surface area (Å²) in [5.41, 5.74) is 13.2. The number of hydrogen-bond donors (Lipinski definition) is 2. The van der Waals surface area contributed by atoms with Gasteiger partial charge in [-0.3, -0.25) is 0 Å². The molecule has 4 N–H and O–H groups in total. The second-order valence-corrected chi connectivity index (χ2v) is 7.66. The molecule has 3 aliphatic carbocycles. The average Bonchev–Trinajstić information content (AvgIpc) is 2.50. The molecule has 11 heteroatoms. The SMILES string of the molecule is F[P-](F)(F)(F)(F)F.NCCN.[CH]1[CH][CH][C]2CC3=C(CC=CC3)C[C]2[CH]1.[Cl-].[Ru+2]. The van der Waals surface area contributed by atoms with Crippen LogP contribution in [0.5, 0.6) is 0 Å². The van der Waals surface area contributed by atoms with Gasteiger partial charge in [-0.05, 0) is 63.2 Å². The standard InChI is InChI=1S/C14H14.C2H8N2.ClH.F6P.Ru/c1-2-6-12-10-14-8-4-3-7-13(14)9-11(12)5-1;3-1-2-4;;1-7(2,3,4,5)6;/h1-6H,7-10H2;1-4H2;1H;;/q;;;-1;+2/p-1. The van der Waals surface area contributed by atoms with Crippen molar-refractivity contribution in [3.8, 4) is 0 Å². The van der Waals surface area contributed by atoms with Crippen molar-refractivity contribution in [2.24, 2.45) is 11.5 Å². The maximum atomic E-state index is 9.87. The molecule has 0 amide bonds. The van der Waals surface area contributed by atoms with Crippen molar-refractivity contribution >= 4 is 7.81 Å². The minimum atomic E-state index is -10.7. The van der Waals surface area contributed by atoms with Crippen LogP contribution >= 0.6 is 7.81 Å². The van der Waals surface area contributed by atoms with Crippen LogP contribution in [0.4, 0.5) is 25.2 Å². The minimum absolute atomic E-state index is 0. The van der Waals surface area contributed by atoms with Gasteiger partial charge in [0.05, 0.1) is 0 Å². The van der Waals surface area contributed by atoms with E-state index in [1.165, 1.54) is 25.7 Å². The fourth-order valence-electron chi connectivity index (χ4n) is 2.50. The van der Waals surface area contributed by atoms with E-state index in [4.69, 9.17) is 11.5 Å². The predicted octanol–water partition coefficient (Wildman–Crippen LogP) is 2.69. The van der Waals surface area contributed by atoms with Crippen molar-refractivity contribution in [2.45, 2.75) is 25.7 Å². The van der Waals surface area contributed by atoms with Gasteiger partial charge in [0, 0.05) is 13.1 Å². The van der Waals surface area contributed by atoms with E-state index < -0.39 is 7.81 Å². The number of allylic oxidation sites excluding steroid dienone is 4. The van der Waals surface area contributed by atoms with Gasteiger partial charge in [-0.2, -0.15) is 0 Å². The third-order valence-electron chi connectivity index (χ3n) is 3.49. The van der Waals surface area contributed by atoms with Crippen molar-refractivity contribution in [1.82, 2.24) is 0 Å². The second kappa shape index (κ2) is 10.9. The van der Waals surface area contributed by atoms with Crippen LogP contribution in [0, 0.1) is 37.5 Å². The van der Waals surface area contributed by atoms with E-state index in [0.29, 0.717) is 13.1 Å². The summed E-state index contributed by atoms with van der Waals surface area (Å²) in [6.45, 7) is 1.19. The van der Waals surface area contributed by atoms with Crippen LogP contribution in [0.25, 0.3) is 0 Å². The second-order valence-electron chi connectivity index (χ2n) is 5.74. The van der Waals surface area contributed by atoms with Crippen LogP contribution in [0.15, 0.2) is 23.3 Å². The molecule has 3 aliphatic rings. The largest absolute Gasteiger partial charge is 2.00 e. The summed E-state index contributed by atoms with van der Waals surface area (Å²) in [5.74, 6) is 3.09. The molecule has 1 fully saturated rings. The number of nitrogens with two attached hydrogens (primary N) is 2. The van der Waals surface area contributed by atoms with Crippen LogP contribution in [0.3, 0.4) is 0 Å². The molecule has 0 aliphatic heterocycles. The topological polar surface area (TPSA) is 52.0 Å². The summed E-state index contributed by atoms with van der Waals surface area (Å²) >= 11 is 0. The van der Waals surface area contributed by atoms with Crippen molar-refractivity contribution < 1.29 is 57.1 Å². The summed E-state index contributed by atoms with van der Waals surface area (Å²) in [4.78, 5) is 0. The zero-order chi connectivity index (χ0) is 19.2. The molecule has 6 radical (unpaired) electrons. The average molecular weight is 524 g/mol.